The number of hydrogen-bond acceptors (Lipinski definition) is 2. The Morgan fingerprint density at radius 2 is 1.83 bits per heavy atom. The summed E-state index contributed by atoms with van der Waals surface area (Å²) in [5.41, 5.74) is 2.30. The van der Waals surface area contributed by atoms with Crippen LogP contribution in [0.15, 0.2) is 24.3 Å². The highest BCUT2D eigenvalue weighted by molar-refractivity contribution is 6.45. The molecule has 0 bridgehead atoms. The molecule has 0 radical (unpaired) electrons. The molecule has 0 aliphatic rings. The third-order valence-electron chi connectivity index (χ3n) is 4.60. The lowest BCUT2D eigenvalue weighted by Gasteiger charge is -2.15. The molecule has 2 aromatic rings. The normalized spacial score (nSPS) is 11.2. The van der Waals surface area contributed by atoms with Crippen molar-refractivity contribution in [2.45, 2.75) is 20.8 Å². The van der Waals surface area contributed by atoms with Crippen LogP contribution in [-0.2, 0) is 11.8 Å². The molecular weight excluding hydrogens is 290 g/mol. The van der Waals surface area contributed by atoms with Gasteiger partial charge in [-0.1, -0.05) is 18.2 Å². The molecule has 0 saturated carbocycles. The molecule has 1 heterocycles. The number of amides is 1. The molecule has 0 aliphatic heterocycles. The number of Topliss-reactive ketones (excluding diaryl/α,β-unsaturated/α-hetero) is 1. The van der Waals surface area contributed by atoms with Crippen LogP contribution in [0.25, 0.3) is 10.9 Å². The van der Waals surface area contributed by atoms with Crippen LogP contribution in [-0.4, -0.2) is 42.4 Å². The number of ketones is 1. The van der Waals surface area contributed by atoms with Crippen LogP contribution in [0.2, 0.25) is 0 Å². The molecule has 124 valence electrons. The second kappa shape index (κ2) is 7.42. The minimum Gasteiger partial charge on any atom is -0.347 e. The summed E-state index contributed by atoms with van der Waals surface area (Å²) < 4.78 is 1.95. The maximum absolute atomic E-state index is 12.6. The van der Waals surface area contributed by atoms with Crippen molar-refractivity contribution in [3.8, 4) is 0 Å². The van der Waals surface area contributed by atoms with Gasteiger partial charge in [0, 0.05) is 23.6 Å². The van der Waals surface area contributed by atoms with E-state index < -0.39 is 11.7 Å². The first-order valence-corrected chi connectivity index (χ1v) is 8.21. The van der Waals surface area contributed by atoms with Crippen molar-refractivity contribution in [2.75, 3.05) is 26.2 Å². The third kappa shape index (κ3) is 3.45. The van der Waals surface area contributed by atoms with Crippen molar-refractivity contribution in [3.63, 3.8) is 0 Å². The fraction of sp³-hybridized carbons (Fsp3) is 0.444. The Labute approximate surface area is 137 Å². The number of nitrogens with one attached hydrogen (secondary N) is 2. The van der Waals surface area contributed by atoms with Crippen LogP contribution in [0.5, 0.6) is 0 Å². The summed E-state index contributed by atoms with van der Waals surface area (Å²) >= 11 is 0. The lowest BCUT2D eigenvalue weighted by molar-refractivity contribution is -0.895. The molecule has 0 saturated heterocycles. The lowest BCUT2D eigenvalue weighted by Crippen LogP contribution is -3.12. The summed E-state index contributed by atoms with van der Waals surface area (Å²) in [6.07, 6.45) is 0. The highest BCUT2D eigenvalue weighted by Crippen LogP contribution is 2.25. The van der Waals surface area contributed by atoms with E-state index in [0.717, 1.165) is 36.2 Å². The molecule has 0 aliphatic carbocycles. The van der Waals surface area contributed by atoms with Gasteiger partial charge in [0.25, 0.3) is 11.7 Å². The highest BCUT2D eigenvalue weighted by atomic mass is 16.2. The van der Waals surface area contributed by atoms with Gasteiger partial charge >= 0.3 is 0 Å². The van der Waals surface area contributed by atoms with E-state index in [4.69, 9.17) is 0 Å². The third-order valence-corrected chi connectivity index (χ3v) is 4.60. The Kier molecular flexibility index (Phi) is 5.55. The van der Waals surface area contributed by atoms with Crippen molar-refractivity contribution in [3.05, 3.63) is 35.5 Å². The smallest absolute Gasteiger partial charge is 0.292 e. The Balaban J connectivity index is 2.14. The maximum atomic E-state index is 12.6. The maximum Gasteiger partial charge on any atom is 0.292 e. The van der Waals surface area contributed by atoms with Gasteiger partial charge in [-0.25, -0.2) is 0 Å². The van der Waals surface area contributed by atoms with Crippen LogP contribution in [0, 0.1) is 6.92 Å². The van der Waals surface area contributed by atoms with E-state index in [1.807, 2.05) is 42.8 Å². The molecule has 0 fully saturated rings. The molecule has 1 aromatic heterocycles. The van der Waals surface area contributed by atoms with Crippen LogP contribution < -0.4 is 10.2 Å². The number of rotatable bonds is 7. The molecule has 0 unspecified atom stereocenters. The number of quaternary nitrogens is 1. The minimum atomic E-state index is -0.518. The van der Waals surface area contributed by atoms with Gasteiger partial charge < -0.3 is 14.8 Å². The van der Waals surface area contributed by atoms with Crippen molar-refractivity contribution in [2.24, 2.45) is 7.05 Å². The van der Waals surface area contributed by atoms with E-state index in [1.54, 1.807) is 0 Å². The molecule has 23 heavy (non-hydrogen) atoms. The van der Waals surface area contributed by atoms with Crippen molar-refractivity contribution >= 4 is 22.6 Å². The standard InChI is InChI=1S/C18H25N3O2/c1-5-21(6-2)12-11-19-18(23)17(22)16-13(3)20(4)15-10-8-7-9-14(15)16/h7-10H,5-6,11-12H2,1-4H3,(H,19,23)/p+1. The molecule has 1 amide bonds. The average Bonchev–Trinajstić information content (AvgIpc) is 2.82. The molecule has 0 atom stereocenters. The number of para-hydroxylation sites is 1. The topological polar surface area (TPSA) is 55.5 Å². The monoisotopic (exact) mass is 316 g/mol. The highest BCUT2D eigenvalue weighted by Gasteiger charge is 2.23. The number of benzene rings is 1. The minimum absolute atomic E-state index is 0.450. The van der Waals surface area contributed by atoms with Crippen molar-refractivity contribution in [1.82, 2.24) is 9.88 Å². The number of carbonyl (C=O) groups is 2. The summed E-state index contributed by atoms with van der Waals surface area (Å²) in [5.74, 6) is -0.968. The lowest BCUT2D eigenvalue weighted by atomic mass is 10.1. The van der Waals surface area contributed by atoms with Crippen molar-refractivity contribution in [1.29, 1.82) is 0 Å². The second-order valence-electron chi connectivity index (χ2n) is 5.83. The fourth-order valence-electron chi connectivity index (χ4n) is 2.96. The first-order chi connectivity index (χ1) is 11.0. The number of fused-ring (bicyclic) bond motifs is 1. The summed E-state index contributed by atoms with van der Waals surface area (Å²) in [7, 11) is 1.91. The number of aryl methyl sites for hydroxylation is 1. The summed E-state index contributed by atoms with van der Waals surface area (Å²) in [4.78, 5) is 26.2. The van der Waals surface area contributed by atoms with Crippen LogP contribution in [0.4, 0.5) is 0 Å². The van der Waals surface area contributed by atoms with Crippen molar-refractivity contribution < 1.29 is 14.5 Å². The molecule has 0 spiro atoms. The quantitative estimate of drug-likeness (QED) is 0.584. The van der Waals surface area contributed by atoms with Crippen LogP contribution in [0.3, 0.4) is 0 Å². The number of nitrogens with zero attached hydrogens (tertiary/aromatic N) is 1. The van der Waals surface area contributed by atoms with Gasteiger partial charge in [0.05, 0.1) is 31.7 Å². The van der Waals surface area contributed by atoms with Gasteiger partial charge in [0.15, 0.2) is 0 Å². The van der Waals surface area contributed by atoms with Gasteiger partial charge in [-0.3, -0.25) is 9.59 Å². The van der Waals surface area contributed by atoms with E-state index in [2.05, 4.69) is 19.2 Å². The zero-order valence-corrected chi connectivity index (χ0v) is 14.4. The van der Waals surface area contributed by atoms with Gasteiger partial charge in [0.2, 0.25) is 0 Å². The van der Waals surface area contributed by atoms with Gasteiger partial charge in [-0.2, -0.15) is 0 Å². The molecule has 1 aromatic carbocycles. The number of likely N-dealkylation sites (N-methyl/N-ethyl adjacent to an activating group) is 1. The van der Waals surface area contributed by atoms with E-state index in [9.17, 15) is 9.59 Å². The van der Waals surface area contributed by atoms with E-state index >= 15 is 0 Å². The van der Waals surface area contributed by atoms with Gasteiger partial charge in [0.1, 0.15) is 0 Å². The van der Waals surface area contributed by atoms with E-state index in [-0.39, 0.29) is 0 Å². The van der Waals surface area contributed by atoms with E-state index in [0.29, 0.717) is 12.1 Å². The molecule has 5 nitrogen and oxygen atoms in total. The van der Waals surface area contributed by atoms with Gasteiger partial charge in [-0.15, -0.1) is 0 Å². The fourth-order valence-corrected chi connectivity index (χ4v) is 2.96. The first kappa shape index (κ1) is 17.2. The van der Waals surface area contributed by atoms with Gasteiger partial charge in [-0.05, 0) is 26.8 Å². The first-order valence-electron chi connectivity index (χ1n) is 8.21. The largest absolute Gasteiger partial charge is 0.347 e. The Bertz CT molecular complexity index is 714. The van der Waals surface area contributed by atoms with Crippen LogP contribution >= 0.6 is 0 Å². The summed E-state index contributed by atoms with van der Waals surface area (Å²) in [6, 6.07) is 7.67. The predicted octanol–water partition coefficient (Wildman–Crippen LogP) is 0.710. The number of carbonyl (C=O) groups excluding carboxylic acids is 2. The SMILES string of the molecule is CC[NH+](CC)CCNC(=O)C(=O)c1c(C)n(C)c2ccccc12. The predicted molar refractivity (Wildman–Crippen MR) is 91.9 cm³/mol. The molecule has 2 N–H and O–H groups in total. The zero-order chi connectivity index (χ0) is 17.0. The molecule has 2 rings (SSSR count). The number of aromatic nitrogens is 1. The Morgan fingerprint density at radius 3 is 2.48 bits per heavy atom. The second-order valence-corrected chi connectivity index (χ2v) is 5.83. The zero-order valence-electron chi connectivity index (χ0n) is 14.4. The Hall–Kier alpha value is -2.14. The Morgan fingerprint density at radius 1 is 1.17 bits per heavy atom. The van der Waals surface area contributed by atoms with Crippen LogP contribution in [0.1, 0.15) is 29.9 Å². The average molecular weight is 316 g/mol. The molecular formula is C18H26N3O2+. The number of hydrogen-bond donors (Lipinski definition) is 2. The molecule has 5 heteroatoms. The summed E-state index contributed by atoms with van der Waals surface area (Å²) in [6.45, 7) is 9.49. The summed E-state index contributed by atoms with van der Waals surface area (Å²) in [5, 5.41) is 3.60. The van der Waals surface area contributed by atoms with E-state index in [1.165, 1.54) is 4.90 Å².